The van der Waals surface area contributed by atoms with Crippen LogP contribution in [0.3, 0.4) is 0 Å². The molecule has 0 spiro atoms. The van der Waals surface area contributed by atoms with Gasteiger partial charge in [-0.15, -0.1) is 24.0 Å². The second-order valence-electron chi connectivity index (χ2n) is 8.13. The van der Waals surface area contributed by atoms with Gasteiger partial charge in [0.15, 0.2) is 5.96 Å². The molecule has 0 radical (unpaired) electrons. The lowest BCUT2D eigenvalue weighted by molar-refractivity contribution is 0.00752. The molecule has 7 nitrogen and oxygen atoms in total. The number of aliphatic imine (C=N–C) groups is 1. The van der Waals surface area contributed by atoms with Crippen LogP contribution in [0.2, 0.25) is 0 Å². The summed E-state index contributed by atoms with van der Waals surface area (Å²) < 4.78 is 11.3. The zero-order chi connectivity index (χ0) is 19.2. The molecular weight excluding hydrogens is 457 g/mol. The molecular formula is C19H36IN5O2. The highest BCUT2D eigenvalue weighted by atomic mass is 127. The van der Waals surface area contributed by atoms with Crippen molar-refractivity contribution in [3.05, 3.63) is 17.8 Å². The van der Waals surface area contributed by atoms with E-state index in [1.54, 1.807) is 13.2 Å². The Bertz CT molecular complexity index is 577. The standard InChI is InChI=1S/C19H35N5O2.HI/c1-14(2)15(24-7-9-25-10-8-24)11-22-18(20-6)23-13-17-21-12-16(26-17)19(3,4)5;/h12,14-15H,7-11,13H2,1-6H3,(H2,20,22,23);1H. The van der Waals surface area contributed by atoms with Gasteiger partial charge in [-0.25, -0.2) is 4.98 Å². The third kappa shape index (κ3) is 7.57. The van der Waals surface area contributed by atoms with Gasteiger partial charge in [0.25, 0.3) is 0 Å². The number of hydrogen-bond donors (Lipinski definition) is 2. The highest BCUT2D eigenvalue weighted by Crippen LogP contribution is 2.22. The fraction of sp³-hybridized carbons (Fsp3) is 0.789. The zero-order valence-electron chi connectivity index (χ0n) is 17.5. The molecule has 0 aliphatic carbocycles. The van der Waals surface area contributed by atoms with Crippen molar-refractivity contribution in [1.29, 1.82) is 0 Å². The Kier molecular flexibility index (Phi) is 10.0. The van der Waals surface area contributed by atoms with E-state index in [0.29, 0.717) is 24.4 Å². The van der Waals surface area contributed by atoms with Crippen LogP contribution in [0.15, 0.2) is 15.6 Å². The minimum absolute atomic E-state index is 0. The van der Waals surface area contributed by atoms with Crippen molar-refractivity contribution in [2.75, 3.05) is 39.9 Å². The number of nitrogens with one attached hydrogen (secondary N) is 2. The number of guanidine groups is 1. The normalized spacial score (nSPS) is 17.5. The van der Waals surface area contributed by atoms with E-state index in [1.807, 2.05) is 0 Å². The SMILES string of the molecule is CN=C(NCc1ncc(C(C)(C)C)o1)NCC(C(C)C)N1CCOCC1.I. The lowest BCUT2D eigenvalue weighted by atomic mass is 9.94. The van der Waals surface area contributed by atoms with Crippen molar-refractivity contribution < 1.29 is 9.15 Å². The molecule has 0 amide bonds. The Balaban J connectivity index is 0.00000364. The van der Waals surface area contributed by atoms with Gasteiger partial charge in [-0.3, -0.25) is 9.89 Å². The largest absolute Gasteiger partial charge is 0.443 e. The van der Waals surface area contributed by atoms with Crippen LogP contribution in [0, 0.1) is 5.92 Å². The first-order valence-electron chi connectivity index (χ1n) is 9.52. The van der Waals surface area contributed by atoms with Gasteiger partial charge in [0, 0.05) is 38.1 Å². The summed E-state index contributed by atoms with van der Waals surface area (Å²) in [5, 5.41) is 6.73. The second-order valence-corrected chi connectivity index (χ2v) is 8.13. The average Bonchev–Trinajstić information content (AvgIpc) is 3.08. The molecule has 1 aliphatic heterocycles. The monoisotopic (exact) mass is 493 g/mol. The first kappa shape index (κ1) is 24.2. The Morgan fingerprint density at radius 1 is 1.26 bits per heavy atom. The number of hydrogen-bond acceptors (Lipinski definition) is 5. The minimum atomic E-state index is -0.0339. The van der Waals surface area contributed by atoms with Crippen LogP contribution >= 0.6 is 24.0 Å². The van der Waals surface area contributed by atoms with E-state index in [-0.39, 0.29) is 29.4 Å². The molecule has 27 heavy (non-hydrogen) atoms. The number of rotatable bonds is 6. The van der Waals surface area contributed by atoms with E-state index >= 15 is 0 Å². The van der Waals surface area contributed by atoms with Crippen molar-refractivity contribution in [2.24, 2.45) is 10.9 Å². The van der Waals surface area contributed by atoms with E-state index in [2.05, 4.69) is 60.1 Å². The fourth-order valence-corrected chi connectivity index (χ4v) is 3.02. The maximum atomic E-state index is 5.82. The van der Waals surface area contributed by atoms with Gasteiger partial charge in [0.2, 0.25) is 5.89 Å². The number of nitrogens with zero attached hydrogens (tertiary/aromatic N) is 3. The predicted molar refractivity (Wildman–Crippen MR) is 120 cm³/mol. The third-order valence-electron chi connectivity index (χ3n) is 4.69. The quantitative estimate of drug-likeness (QED) is 0.361. The van der Waals surface area contributed by atoms with Crippen molar-refractivity contribution in [1.82, 2.24) is 20.5 Å². The summed E-state index contributed by atoms with van der Waals surface area (Å²) in [5.74, 6) is 2.88. The number of halogens is 1. The summed E-state index contributed by atoms with van der Waals surface area (Å²) >= 11 is 0. The summed E-state index contributed by atoms with van der Waals surface area (Å²) in [5.41, 5.74) is -0.0339. The molecule has 1 saturated heterocycles. The number of oxazole rings is 1. The number of aromatic nitrogens is 1. The molecule has 1 aromatic heterocycles. The molecule has 1 aromatic rings. The molecule has 1 fully saturated rings. The van der Waals surface area contributed by atoms with Gasteiger partial charge < -0.3 is 19.8 Å². The number of ether oxygens (including phenoxy) is 1. The molecule has 0 bridgehead atoms. The van der Waals surface area contributed by atoms with Crippen LogP contribution in [-0.4, -0.2) is 61.8 Å². The molecule has 1 unspecified atom stereocenters. The van der Waals surface area contributed by atoms with Gasteiger partial charge in [-0.05, 0) is 5.92 Å². The van der Waals surface area contributed by atoms with Crippen molar-refractivity contribution in [3.8, 4) is 0 Å². The zero-order valence-corrected chi connectivity index (χ0v) is 19.9. The van der Waals surface area contributed by atoms with Gasteiger partial charge in [0.1, 0.15) is 5.76 Å². The second kappa shape index (κ2) is 11.2. The highest BCUT2D eigenvalue weighted by molar-refractivity contribution is 14.0. The summed E-state index contributed by atoms with van der Waals surface area (Å²) in [6.07, 6.45) is 1.81. The summed E-state index contributed by atoms with van der Waals surface area (Å²) in [7, 11) is 1.78. The van der Waals surface area contributed by atoms with Crippen molar-refractivity contribution in [2.45, 2.75) is 52.6 Å². The van der Waals surface area contributed by atoms with Crippen LogP contribution in [-0.2, 0) is 16.7 Å². The van der Waals surface area contributed by atoms with Gasteiger partial charge in [-0.2, -0.15) is 0 Å². The third-order valence-corrected chi connectivity index (χ3v) is 4.69. The van der Waals surface area contributed by atoms with Crippen LogP contribution in [0.5, 0.6) is 0 Å². The van der Waals surface area contributed by atoms with Gasteiger partial charge in [0.05, 0.1) is 26.0 Å². The van der Waals surface area contributed by atoms with Crippen LogP contribution in [0.1, 0.15) is 46.3 Å². The van der Waals surface area contributed by atoms with E-state index in [4.69, 9.17) is 9.15 Å². The smallest absolute Gasteiger partial charge is 0.213 e. The topological polar surface area (TPSA) is 74.9 Å². The molecule has 8 heteroatoms. The van der Waals surface area contributed by atoms with Crippen LogP contribution < -0.4 is 10.6 Å². The molecule has 0 saturated carbocycles. The maximum Gasteiger partial charge on any atom is 0.213 e. The van der Waals surface area contributed by atoms with E-state index in [0.717, 1.165) is 44.6 Å². The van der Waals surface area contributed by atoms with Gasteiger partial charge >= 0.3 is 0 Å². The lowest BCUT2D eigenvalue weighted by Crippen LogP contribution is -2.52. The molecule has 2 rings (SSSR count). The minimum Gasteiger partial charge on any atom is -0.443 e. The fourth-order valence-electron chi connectivity index (χ4n) is 3.02. The number of morpholine rings is 1. The van der Waals surface area contributed by atoms with E-state index in [9.17, 15) is 0 Å². The molecule has 0 aromatic carbocycles. The van der Waals surface area contributed by atoms with Crippen molar-refractivity contribution >= 4 is 29.9 Å². The van der Waals surface area contributed by atoms with Crippen LogP contribution in [0.25, 0.3) is 0 Å². The Morgan fingerprint density at radius 2 is 1.93 bits per heavy atom. The molecule has 1 atom stereocenters. The first-order valence-corrected chi connectivity index (χ1v) is 9.52. The lowest BCUT2D eigenvalue weighted by Gasteiger charge is -2.37. The molecule has 156 valence electrons. The summed E-state index contributed by atoms with van der Waals surface area (Å²) in [6, 6.07) is 0.451. The van der Waals surface area contributed by atoms with Gasteiger partial charge in [-0.1, -0.05) is 34.6 Å². The Hall–Kier alpha value is -0.870. The Morgan fingerprint density at radius 3 is 2.44 bits per heavy atom. The van der Waals surface area contributed by atoms with E-state index < -0.39 is 0 Å². The maximum absolute atomic E-state index is 5.82. The highest BCUT2D eigenvalue weighted by Gasteiger charge is 2.24. The summed E-state index contributed by atoms with van der Waals surface area (Å²) in [4.78, 5) is 11.2. The van der Waals surface area contributed by atoms with Crippen LogP contribution in [0.4, 0.5) is 0 Å². The predicted octanol–water partition coefficient (Wildman–Crippen LogP) is 2.61. The Labute approximate surface area is 180 Å². The van der Waals surface area contributed by atoms with E-state index in [1.165, 1.54) is 0 Å². The molecule has 2 heterocycles. The van der Waals surface area contributed by atoms with Crippen molar-refractivity contribution in [3.63, 3.8) is 0 Å². The molecule has 2 N–H and O–H groups in total. The molecule has 1 aliphatic rings. The first-order chi connectivity index (χ1) is 12.3. The summed E-state index contributed by atoms with van der Waals surface area (Å²) in [6.45, 7) is 15.8. The average molecular weight is 493 g/mol.